The van der Waals surface area contributed by atoms with E-state index in [0.29, 0.717) is 32.0 Å². The molecule has 0 aliphatic carbocycles. The highest BCUT2D eigenvalue weighted by molar-refractivity contribution is 14.0. The molecule has 1 aromatic carbocycles. The molecule has 2 atom stereocenters. The van der Waals surface area contributed by atoms with Crippen LogP contribution in [0.25, 0.3) is 0 Å². The van der Waals surface area contributed by atoms with Crippen molar-refractivity contribution in [2.24, 2.45) is 4.99 Å². The largest absolute Gasteiger partial charge is 0.356 e. The van der Waals surface area contributed by atoms with Crippen molar-refractivity contribution >= 4 is 41.9 Å². The SMILES string of the molecule is CCC(c1ccccc1)N1CCN(C(=NC)NCCCN2C(=O)NC(C)(CC)C2=O)CC1.I. The van der Waals surface area contributed by atoms with Crippen LogP contribution in [-0.2, 0) is 4.79 Å². The van der Waals surface area contributed by atoms with E-state index in [1.54, 1.807) is 14.0 Å². The van der Waals surface area contributed by atoms with Crippen molar-refractivity contribution in [2.45, 2.75) is 51.6 Å². The normalized spacial score (nSPS) is 22.7. The van der Waals surface area contributed by atoms with E-state index in [1.165, 1.54) is 10.5 Å². The maximum atomic E-state index is 12.5. The van der Waals surface area contributed by atoms with Crippen molar-refractivity contribution < 1.29 is 9.59 Å². The van der Waals surface area contributed by atoms with Crippen LogP contribution in [0.3, 0.4) is 0 Å². The Balaban J connectivity index is 0.00000385. The van der Waals surface area contributed by atoms with Crippen molar-refractivity contribution in [3.63, 3.8) is 0 Å². The number of hydrogen-bond acceptors (Lipinski definition) is 4. The average molecular weight is 571 g/mol. The van der Waals surface area contributed by atoms with E-state index < -0.39 is 5.54 Å². The van der Waals surface area contributed by atoms with Gasteiger partial charge in [0.2, 0.25) is 0 Å². The van der Waals surface area contributed by atoms with Crippen LogP contribution in [-0.4, -0.2) is 84.5 Å². The van der Waals surface area contributed by atoms with Gasteiger partial charge in [0.25, 0.3) is 5.91 Å². The molecule has 0 aromatic heterocycles. The van der Waals surface area contributed by atoms with Gasteiger partial charge >= 0.3 is 6.03 Å². The lowest BCUT2D eigenvalue weighted by atomic mass is 9.99. The first-order valence-electron chi connectivity index (χ1n) is 11.8. The minimum Gasteiger partial charge on any atom is -0.356 e. The number of rotatable bonds is 8. The molecule has 2 saturated heterocycles. The zero-order valence-corrected chi connectivity index (χ0v) is 22.7. The molecule has 8 nitrogen and oxygen atoms in total. The predicted molar refractivity (Wildman–Crippen MR) is 143 cm³/mol. The molecular formula is C24H39IN6O2. The lowest BCUT2D eigenvalue weighted by Crippen LogP contribution is -2.53. The second-order valence-corrected chi connectivity index (χ2v) is 8.76. The van der Waals surface area contributed by atoms with Crippen LogP contribution in [0.15, 0.2) is 35.3 Å². The second kappa shape index (κ2) is 12.5. The summed E-state index contributed by atoms with van der Waals surface area (Å²) in [6.07, 6.45) is 2.37. The standard InChI is InChI=1S/C24H38N6O2.HI/c1-5-20(19-11-8-7-9-12-19)28-15-17-29(18-16-28)22(25-4)26-13-10-14-30-21(31)24(3,6-2)27-23(30)32;/h7-9,11-12,20H,5-6,10,13-18H2,1-4H3,(H,25,26)(H,27,32);1H. The predicted octanol–water partition coefficient (Wildman–Crippen LogP) is 3.06. The number of imide groups is 1. The summed E-state index contributed by atoms with van der Waals surface area (Å²) in [5, 5.41) is 6.21. The quantitative estimate of drug-likeness (QED) is 0.165. The summed E-state index contributed by atoms with van der Waals surface area (Å²) in [7, 11) is 1.80. The molecule has 184 valence electrons. The molecule has 2 fully saturated rings. The van der Waals surface area contributed by atoms with Crippen LogP contribution in [0, 0.1) is 0 Å². The third-order valence-corrected chi connectivity index (χ3v) is 6.73. The molecule has 2 aliphatic rings. The summed E-state index contributed by atoms with van der Waals surface area (Å²) in [6, 6.07) is 10.9. The third-order valence-electron chi connectivity index (χ3n) is 6.73. The fourth-order valence-electron chi connectivity index (χ4n) is 4.58. The monoisotopic (exact) mass is 570 g/mol. The van der Waals surface area contributed by atoms with Crippen LogP contribution < -0.4 is 10.6 Å². The highest BCUT2D eigenvalue weighted by Crippen LogP contribution is 2.25. The summed E-state index contributed by atoms with van der Waals surface area (Å²) in [5.41, 5.74) is 0.613. The number of amides is 3. The van der Waals surface area contributed by atoms with Gasteiger partial charge in [0.1, 0.15) is 5.54 Å². The number of carbonyl (C=O) groups is 2. The van der Waals surface area contributed by atoms with Crippen LogP contribution in [0.1, 0.15) is 51.6 Å². The average Bonchev–Trinajstić information content (AvgIpc) is 3.04. The van der Waals surface area contributed by atoms with E-state index in [4.69, 9.17) is 0 Å². The Kier molecular flexibility index (Phi) is 10.4. The summed E-state index contributed by atoms with van der Waals surface area (Å²) in [4.78, 5) is 35.3. The smallest absolute Gasteiger partial charge is 0.325 e. The Morgan fingerprint density at radius 2 is 1.82 bits per heavy atom. The van der Waals surface area contributed by atoms with Gasteiger partial charge in [0.15, 0.2) is 5.96 Å². The first-order valence-corrected chi connectivity index (χ1v) is 11.8. The molecule has 33 heavy (non-hydrogen) atoms. The molecule has 0 spiro atoms. The van der Waals surface area contributed by atoms with Crippen molar-refractivity contribution in [2.75, 3.05) is 46.3 Å². The van der Waals surface area contributed by atoms with Crippen molar-refractivity contribution in [1.29, 1.82) is 0 Å². The van der Waals surface area contributed by atoms with E-state index in [2.05, 4.69) is 62.7 Å². The summed E-state index contributed by atoms with van der Waals surface area (Å²) in [6.45, 7) is 10.8. The summed E-state index contributed by atoms with van der Waals surface area (Å²) >= 11 is 0. The van der Waals surface area contributed by atoms with Gasteiger partial charge in [-0.2, -0.15) is 0 Å². The van der Waals surface area contributed by atoms with Gasteiger partial charge in [-0.25, -0.2) is 4.79 Å². The van der Waals surface area contributed by atoms with Gasteiger partial charge in [-0.05, 0) is 31.7 Å². The molecule has 2 unspecified atom stereocenters. The molecule has 2 N–H and O–H groups in total. The number of nitrogens with zero attached hydrogens (tertiary/aromatic N) is 4. The van der Waals surface area contributed by atoms with Gasteiger partial charge in [-0.1, -0.05) is 44.2 Å². The molecule has 1 aromatic rings. The summed E-state index contributed by atoms with van der Waals surface area (Å²) < 4.78 is 0. The Morgan fingerprint density at radius 3 is 2.36 bits per heavy atom. The van der Waals surface area contributed by atoms with Crippen LogP contribution in [0.5, 0.6) is 0 Å². The Labute approximate surface area is 215 Å². The highest BCUT2D eigenvalue weighted by atomic mass is 127. The van der Waals surface area contributed by atoms with Crippen LogP contribution >= 0.6 is 24.0 Å². The van der Waals surface area contributed by atoms with E-state index >= 15 is 0 Å². The zero-order chi connectivity index (χ0) is 23.1. The van der Waals surface area contributed by atoms with Crippen molar-refractivity contribution in [3.05, 3.63) is 35.9 Å². The molecule has 2 aliphatic heterocycles. The molecule has 3 amide bonds. The number of benzene rings is 1. The molecule has 0 saturated carbocycles. The lowest BCUT2D eigenvalue weighted by Gasteiger charge is -2.40. The Morgan fingerprint density at radius 1 is 1.15 bits per heavy atom. The van der Waals surface area contributed by atoms with E-state index in [1.807, 2.05) is 6.92 Å². The topological polar surface area (TPSA) is 80.3 Å². The first kappa shape index (κ1) is 27.4. The number of halogens is 1. The highest BCUT2D eigenvalue weighted by Gasteiger charge is 2.45. The lowest BCUT2D eigenvalue weighted by molar-refractivity contribution is -0.130. The maximum absolute atomic E-state index is 12.5. The fourth-order valence-corrected chi connectivity index (χ4v) is 4.58. The Bertz CT molecular complexity index is 812. The van der Waals surface area contributed by atoms with Crippen molar-refractivity contribution in [1.82, 2.24) is 25.3 Å². The number of guanidine groups is 1. The van der Waals surface area contributed by atoms with Crippen LogP contribution in [0.4, 0.5) is 4.79 Å². The van der Waals surface area contributed by atoms with Crippen molar-refractivity contribution in [3.8, 4) is 0 Å². The number of aliphatic imine (C=N–C) groups is 1. The van der Waals surface area contributed by atoms with E-state index in [-0.39, 0.29) is 35.9 Å². The molecular weight excluding hydrogens is 531 g/mol. The van der Waals surface area contributed by atoms with Crippen LogP contribution in [0.2, 0.25) is 0 Å². The molecule has 3 rings (SSSR count). The minimum absolute atomic E-state index is 0. The number of urea groups is 1. The first-order chi connectivity index (χ1) is 15.4. The van der Waals surface area contributed by atoms with E-state index in [0.717, 1.165) is 38.6 Å². The van der Waals surface area contributed by atoms with E-state index in [9.17, 15) is 9.59 Å². The van der Waals surface area contributed by atoms with Gasteiger partial charge in [-0.3, -0.25) is 19.6 Å². The second-order valence-electron chi connectivity index (χ2n) is 8.76. The van der Waals surface area contributed by atoms with Gasteiger partial charge in [-0.15, -0.1) is 24.0 Å². The fraction of sp³-hybridized carbons (Fsp3) is 0.625. The van der Waals surface area contributed by atoms with Gasteiger partial charge in [0, 0.05) is 52.4 Å². The number of carbonyl (C=O) groups excluding carboxylic acids is 2. The summed E-state index contributed by atoms with van der Waals surface area (Å²) in [5.74, 6) is 0.752. The maximum Gasteiger partial charge on any atom is 0.325 e. The molecule has 2 heterocycles. The van der Waals surface area contributed by atoms with Gasteiger partial charge in [0.05, 0.1) is 0 Å². The minimum atomic E-state index is -0.768. The Hall–Kier alpha value is -1.88. The number of hydrogen-bond donors (Lipinski definition) is 2. The number of nitrogens with one attached hydrogen (secondary N) is 2. The van der Waals surface area contributed by atoms with Gasteiger partial charge < -0.3 is 15.5 Å². The zero-order valence-electron chi connectivity index (χ0n) is 20.3. The number of piperazine rings is 1. The third kappa shape index (κ3) is 6.38. The molecule has 0 bridgehead atoms. The molecule has 9 heteroatoms. The molecule has 0 radical (unpaired) electrons.